The van der Waals surface area contributed by atoms with Crippen LogP contribution in [0.3, 0.4) is 0 Å². The molecule has 0 aliphatic carbocycles. The van der Waals surface area contributed by atoms with Crippen LogP contribution < -0.4 is 5.32 Å². The molecule has 0 bridgehead atoms. The highest BCUT2D eigenvalue weighted by Crippen LogP contribution is 2.16. The molecular weight excluding hydrogens is 348 g/mol. The van der Waals surface area contributed by atoms with Gasteiger partial charge in [0.15, 0.2) is 0 Å². The topological polar surface area (TPSA) is 49.4 Å². The molecule has 0 saturated heterocycles. The Morgan fingerprint density at radius 3 is 2.21 bits per heavy atom. The third kappa shape index (κ3) is 6.52. The first kappa shape index (κ1) is 21.7. The van der Waals surface area contributed by atoms with E-state index in [-0.39, 0.29) is 11.8 Å². The minimum Gasteiger partial charge on any atom is -0.354 e. The molecule has 2 amide bonds. The summed E-state index contributed by atoms with van der Waals surface area (Å²) < 4.78 is 0. The van der Waals surface area contributed by atoms with Crippen LogP contribution in [0, 0.1) is 6.92 Å². The molecule has 4 nitrogen and oxygen atoms in total. The highest BCUT2D eigenvalue weighted by molar-refractivity contribution is 5.88. The molecule has 1 N–H and O–H groups in total. The van der Waals surface area contributed by atoms with E-state index >= 15 is 0 Å². The number of hydrogen-bond acceptors (Lipinski definition) is 2. The number of amides is 2. The summed E-state index contributed by atoms with van der Waals surface area (Å²) in [6, 6.07) is 17.5. The summed E-state index contributed by atoms with van der Waals surface area (Å²) in [5, 5.41) is 2.99. The van der Waals surface area contributed by atoms with Crippen molar-refractivity contribution >= 4 is 11.8 Å². The fraction of sp³-hybridized carbons (Fsp3) is 0.417. The van der Waals surface area contributed by atoms with Gasteiger partial charge in [0.25, 0.3) is 0 Å². The molecule has 2 aromatic carbocycles. The molecular formula is C24H32N2O2. The SMILES string of the molecule is CCCNC(=O)[C@H](Cc1ccccc1)N(Cc1ccc(C)cc1)C(=O)CCC. The number of hydrogen-bond donors (Lipinski definition) is 1. The molecule has 0 aliphatic rings. The van der Waals surface area contributed by atoms with Crippen LogP contribution in [-0.4, -0.2) is 29.3 Å². The lowest BCUT2D eigenvalue weighted by atomic mass is 10.0. The minimum absolute atomic E-state index is 0.0238. The lowest BCUT2D eigenvalue weighted by Crippen LogP contribution is -2.50. The van der Waals surface area contributed by atoms with Gasteiger partial charge in [0.1, 0.15) is 6.04 Å². The van der Waals surface area contributed by atoms with E-state index in [1.54, 1.807) is 4.90 Å². The Hall–Kier alpha value is -2.62. The molecule has 0 radical (unpaired) electrons. The van der Waals surface area contributed by atoms with Gasteiger partial charge in [-0.1, -0.05) is 74.0 Å². The second-order valence-corrected chi connectivity index (χ2v) is 7.25. The lowest BCUT2D eigenvalue weighted by molar-refractivity contribution is -0.141. The predicted octanol–water partition coefficient (Wildman–Crippen LogP) is 4.26. The molecule has 2 rings (SSSR count). The van der Waals surface area contributed by atoms with Gasteiger partial charge in [-0.15, -0.1) is 0 Å². The number of rotatable bonds is 10. The van der Waals surface area contributed by atoms with Gasteiger partial charge in [-0.05, 0) is 30.9 Å². The maximum atomic E-state index is 13.0. The molecule has 1 atom stereocenters. The van der Waals surface area contributed by atoms with Crippen molar-refractivity contribution in [3.8, 4) is 0 Å². The van der Waals surface area contributed by atoms with Crippen LogP contribution in [0.25, 0.3) is 0 Å². The van der Waals surface area contributed by atoms with Gasteiger partial charge in [-0.25, -0.2) is 0 Å². The summed E-state index contributed by atoms with van der Waals surface area (Å²) in [6.07, 6.45) is 2.58. The van der Waals surface area contributed by atoms with Gasteiger partial charge in [-0.3, -0.25) is 9.59 Å². The molecule has 0 saturated carbocycles. The van der Waals surface area contributed by atoms with Crippen LogP contribution in [0.15, 0.2) is 54.6 Å². The van der Waals surface area contributed by atoms with Crippen LogP contribution >= 0.6 is 0 Å². The third-order valence-corrected chi connectivity index (χ3v) is 4.76. The molecule has 4 heteroatoms. The number of carbonyl (C=O) groups is 2. The monoisotopic (exact) mass is 380 g/mol. The summed E-state index contributed by atoms with van der Waals surface area (Å²) in [5.41, 5.74) is 3.27. The van der Waals surface area contributed by atoms with E-state index in [4.69, 9.17) is 0 Å². The zero-order valence-electron chi connectivity index (χ0n) is 17.3. The number of aryl methyl sites for hydroxylation is 1. The lowest BCUT2D eigenvalue weighted by Gasteiger charge is -2.31. The number of benzene rings is 2. The van der Waals surface area contributed by atoms with E-state index in [9.17, 15) is 9.59 Å². The third-order valence-electron chi connectivity index (χ3n) is 4.76. The van der Waals surface area contributed by atoms with E-state index in [1.807, 2.05) is 75.4 Å². The highest BCUT2D eigenvalue weighted by atomic mass is 16.2. The van der Waals surface area contributed by atoms with E-state index in [1.165, 1.54) is 5.56 Å². The Morgan fingerprint density at radius 2 is 1.61 bits per heavy atom. The first-order valence-electron chi connectivity index (χ1n) is 10.2. The Kier molecular flexibility index (Phi) is 8.73. The van der Waals surface area contributed by atoms with E-state index in [0.29, 0.717) is 25.9 Å². The maximum Gasteiger partial charge on any atom is 0.243 e. The van der Waals surface area contributed by atoms with Crippen molar-refractivity contribution in [3.05, 3.63) is 71.3 Å². The highest BCUT2D eigenvalue weighted by Gasteiger charge is 2.29. The molecule has 150 valence electrons. The van der Waals surface area contributed by atoms with Gasteiger partial charge in [0.05, 0.1) is 0 Å². The average Bonchev–Trinajstić information content (AvgIpc) is 2.71. The fourth-order valence-electron chi connectivity index (χ4n) is 3.17. The Balaban J connectivity index is 2.32. The van der Waals surface area contributed by atoms with Crippen LogP contribution in [0.4, 0.5) is 0 Å². The standard InChI is InChI=1S/C24H32N2O2/c1-4-9-23(27)26(18-21-14-12-19(3)13-15-21)22(24(28)25-16-5-2)17-20-10-7-6-8-11-20/h6-8,10-15,22H,4-5,9,16-18H2,1-3H3,(H,25,28)/t22-/m0/s1. The van der Waals surface area contributed by atoms with Crippen molar-refractivity contribution in [1.29, 1.82) is 0 Å². The maximum absolute atomic E-state index is 13.0. The minimum atomic E-state index is -0.519. The van der Waals surface area contributed by atoms with Gasteiger partial charge in [-0.2, -0.15) is 0 Å². The van der Waals surface area contributed by atoms with Gasteiger partial charge < -0.3 is 10.2 Å². The second kappa shape index (κ2) is 11.3. The quantitative estimate of drug-likeness (QED) is 0.669. The van der Waals surface area contributed by atoms with Crippen LogP contribution in [0.5, 0.6) is 0 Å². The predicted molar refractivity (Wildman–Crippen MR) is 114 cm³/mol. The number of nitrogens with zero attached hydrogens (tertiary/aromatic N) is 1. The molecule has 28 heavy (non-hydrogen) atoms. The Bertz CT molecular complexity index is 741. The van der Waals surface area contributed by atoms with Crippen molar-refractivity contribution in [2.45, 2.75) is 59.0 Å². The molecule has 0 fully saturated rings. The van der Waals surface area contributed by atoms with E-state index < -0.39 is 6.04 Å². The van der Waals surface area contributed by atoms with Gasteiger partial charge >= 0.3 is 0 Å². The zero-order chi connectivity index (χ0) is 20.4. The molecule has 0 unspecified atom stereocenters. The fourth-order valence-corrected chi connectivity index (χ4v) is 3.17. The van der Waals surface area contributed by atoms with Crippen LogP contribution in [-0.2, 0) is 22.6 Å². The smallest absolute Gasteiger partial charge is 0.243 e. The molecule has 0 aliphatic heterocycles. The average molecular weight is 381 g/mol. The molecule has 0 spiro atoms. The Morgan fingerprint density at radius 1 is 0.929 bits per heavy atom. The molecule has 0 aromatic heterocycles. The second-order valence-electron chi connectivity index (χ2n) is 7.25. The van der Waals surface area contributed by atoms with Crippen LogP contribution in [0.2, 0.25) is 0 Å². The first-order chi connectivity index (χ1) is 13.5. The normalized spacial score (nSPS) is 11.7. The van der Waals surface area contributed by atoms with Crippen molar-refractivity contribution in [3.63, 3.8) is 0 Å². The summed E-state index contributed by atoms with van der Waals surface area (Å²) >= 11 is 0. The van der Waals surface area contributed by atoms with E-state index in [0.717, 1.165) is 24.0 Å². The summed E-state index contributed by atoms with van der Waals surface area (Å²) in [5.74, 6) is -0.0575. The number of nitrogens with one attached hydrogen (secondary N) is 1. The summed E-state index contributed by atoms with van der Waals surface area (Å²) in [6.45, 7) is 7.12. The van der Waals surface area contributed by atoms with Crippen molar-refractivity contribution in [1.82, 2.24) is 10.2 Å². The van der Waals surface area contributed by atoms with E-state index in [2.05, 4.69) is 5.32 Å². The van der Waals surface area contributed by atoms with Crippen molar-refractivity contribution in [2.24, 2.45) is 0 Å². The van der Waals surface area contributed by atoms with Gasteiger partial charge in [0.2, 0.25) is 11.8 Å². The molecule has 2 aromatic rings. The zero-order valence-corrected chi connectivity index (χ0v) is 17.3. The van der Waals surface area contributed by atoms with Crippen LogP contribution in [0.1, 0.15) is 49.8 Å². The summed E-state index contributed by atoms with van der Waals surface area (Å²) in [7, 11) is 0. The first-order valence-corrected chi connectivity index (χ1v) is 10.2. The van der Waals surface area contributed by atoms with Crippen molar-refractivity contribution in [2.75, 3.05) is 6.54 Å². The Labute approximate surface area is 169 Å². The largest absolute Gasteiger partial charge is 0.354 e. The summed E-state index contributed by atoms with van der Waals surface area (Å²) in [4.78, 5) is 27.7. The van der Waals surface area contributed by atoms with Gasteiger partial charge in [0, 0.05) is 25.9 Å². The molecule has 0 heterocycles. The van der Waals surface area contributed by atoms with Crippen molar-refractivity contribution < 1.29 is 9.59 Å². The number of carbonyl (C=O) groups excluding carboxylic acids is 2.